The van der Waals surface area contributed by atoms with Crippen molar-refractivity contribution in [3.05, 3.63) is 53.1 Å². The van der Waals surface area contributed by atoms with Gasteiger partial charge in [-0.3, -0.25) is 9.36 Å². The Kier molecular flexibility index (Phi) is 5.67. The Morgan fingerprint density at radius 3 is 2.47 bits per heavy atom. The fourth-order valence-corrected chi connectivity index (χ4v) is 4.53. The lowest BCUT2D eigenvalue weighted by Crippen LogP contribution is -2.16. The number of aryl methyl sites for hydroxylation is 3. The summed E-state index contributed by atoms with van der Waals surface area (Å²) in [6.07, 6.45) is 0. The lowest BCUT2D eigenvalue weighted by atomic mass is 10.1. The molecule has 0 fully saturated rings. The van der Waals surface area contributed by atoms with E-state index in [0.29, 0.717) is 0 Å². The Balaban J connectivity index is 1.42. The number of hydrogen-bond donors (Lipinski definition) is 1. The summed E-state index contributed by atoms with van der Waals surface area (Å²) in [5.41, 5.74) is 5.27. The highest BCUT2D eigenvalue weighted by molar-refractivity contribution is 7.99. The van der Waals surface area contributed by atoms with Gasteiger partial charge in [-0.15, -0.1) is 10.2 Å². The first-order valence-electron chi connectivity index (χ1n) is 9.81. The molecule has 1 aliphatic heterocycles. The third-order valence-electron chi connectivity index (χ3n) is 5.14. The van der Waals surface area contributed by atoms with Gasteiger partial charge in [0.15, 0.2) is 5.16 Å². The van der Waals surface area contributed by atoms with E-state index >= 15 is 0 Å². The van der Waals surface area contributed by atoms with E-state index in [1.54, 1.807) is 7.11 Å². The van der Waals surface area contributed by atoms with E-state index < -0.39 is 0 Å². The number of nitrogens with one attached hydrogen (secondary N) is 1. The summed E-state index contributed by atoms with van der Waals surface area (Å²) in [6, 6.07) is 12.0. The van der Waals surface area contributed by atoms with Crippen molar-refractivity contribution in [3.8, 4) is 5.75 Å². The Morgan fingerprint density at radius 2 is 1.80 bits per heavy atom. The number of nitrogens with zero attached hydrogens (tertiary/aromatic N) is 4. The predicted octanol–water partition coefficient (Wildman–Crippen LogP) is 4.09. The molecule has 1 N–H and O–H groups in total. The quantitative estimate of drug-likeness (QED) is 0.602. The van der Waals surface area contributed by atoms with E-state index in [4.69, 9.17) is 4.74 Å². The summed E-state index contributed by atoms with van der Waals surface area (Å²) in [4.78, 5) is 14.7. The monoisotopic (exact) mass is 423 g/mol. The summed E-state index contributed by atoms with van der Waals surface area (Å²) in [5.74, 6) is 1.86. The van der Waals surface area contributed by atoms with Crippen LogP contribution in [0.3, 0.4) is 0 Å². The van der Waals surface area contributed by atoms with Crippen LogP contribution in [-0.2, 0) is 11.3 Å². The molecular weight excluding hydrogens is 398 g/mol. The van der Waals surface area contributed by atoms with Gasteiger partial charge < -0.3 is 15.0 Å². The molecule has 0 aliphatic carbocycles. The molecule has 0 radical (unpaired) electrons. The number of fused-ring (bicyclic) bond motifs is 1. The first-order valence-corrected chi connectivity index (χ1v) is 10.8. The van der Waals surface area contributed by atoms with E-state index in [2.05, 4.69) is 44.0 Å². The molecule has 2 aromatic carbocycles. The summed E-state index contributed by atoms with van der Waals surface area (Å²) >= 11 is 1.41. The lowest BCUT2D eigenvalue weighted by molar-refractivity contribution is -0.113. The number of hydrogen-bond acceptors (Lipinski definition) is 6. The van der Waals surface area contributed by atoms with Gasteiger partial charge in [0, 0.05) is 24.5 Å². The number of aromatic nitrogens is 3. The van der Waals surface area contributed by atoms with Gasteiger partial charge in [-0.2, -0.15) is 0 Å². The van der Waals surface area contributed by atoms with Crippen LogP contribution in [0.1, 0.15) is 16.7 Å². The van der Waals surface area contributed by atoms with Crippen molar-refractivity contribution in [2.24, 2.45) is 0 Å². The highest BCUT2D eigenvalue weighted by atomic mass is 32.2. The molecule has 1 aliphatic rings. The van der Waals surface area contributed by atoms with Gasteiger partial charge in [0.25, 0.3) is 0 Å². The number of carbonyl (C=O) groups excluding carboxylic acids is 1. The predicted molar refractivity (Wildman–Crippen MR) is 120 cm³/mol. The number of carbonyl (C=O) groups is 1. The number of ether oxygens (including phenoxy) is 1. The summed E-state index contributed by atoms with van der Waals surface area (Å²) < 4.78 is 7.29. The Labute approximate surface area is 180 Å². The van der Waals surface area contributed by atoms with Crippen molar-refractivity contribution >= 4 is 35.0 Å². The zero-order valence-corrected chi connectivity index (χ0v) is 18.4. The maximum atomic E-state index is 12.5. The minimum absolute atomic E-state index is 0.0441. The average molecular weight is 424 g/mol. The van der Waals surface area contributed by atoms with Crippen molar-refractivity contribution in [2.45, 2.75) is 32.5 Å². The molecule has 0 unspecified atom stereocenters. The van der Waals surface area contributed by atoms with Crippen LogP contribution in [0.5, 0.6) is 5.75 Å². The number of rotatable bonds is 6. The highest BCUT2D eigenvalue weighted by Crippen LogP contribution is 2.33. The number of anilines is 3. The number of benzene rings is 2. The van der Waals surface area contributed by atoms with Gasteiger partial charge in [-0.05, 0) is 56.2 Å². The lowest BCUT2D eigenvalue weighted by Gasteiger charge is -2.15. The standard InChI is InChI=1S/C22H25N5O2S/c1-14-11-15(2)20(16(3)12-14)23-19(28)13-30-22-25-24-21-26(9-10-27(21)22)17-5-7-18(29-4)8-6-17/h5-8,11-12H,9-10,13H2,1-4H3,(H,23,28). The Bertz CT molecular complexity index is 1050. The summed E-state index contributed by atoms with van der Waals surface area (Å²) in [6.45, 7) is 7.69. The molecule has 0 atom stereocenters. The molecule has 2 heterocycles. The van der Waals surface area contributed by atoms with Crippen molar-refractivity contribution in [2.75, 3.05) is 29.6 Å². The van der Waals surface area contributed by atoms with Gasteiger partial charge in [-0.25, -0.2) is 0 Å². The average Bonchev–Trinajstić information content (AvgIpc) is 3.31. The molecule has 3 aromatic rings. The molecule has 7 nitrogen and oxygen atoms in total. The normalized spacial score (nSPS) is 12.7. The van der Waals surface area contributed by atoms with Gasteiger partial charge in [-0.1, -0.05) is 29.5 Å². The third-order valence-corrected chi connectivity index (χ3v) is 6.11. The minimum atomic E-state index is -0.0441. The van der Waals surface area contributed by atoms with Crippen molar-refractivity contribution in [1.29, 1.82) is 0 Å². The molecule has 1 amide bonds. The molecule has 0 spiro atoms. The number of thioether (sulfide) groups is 1. The van der Waals surface area contributed by atoms with Gasteiger partial charge in [0.1, 0.15) is 5.75 Å². The van der Waals surface area contributed by atoms with Crippen LogP contribution >= 0.6 is 11.8 Å². The first kappa shape index (κ1) is 20.3. The fraction of sp³-hybridized carbons (Fsp3) is 0.318. The van der Waals surface area contributed by atoms with Gasteiger partial charge in [0.2, 0.25) is 11.9 Å². The molecule has 0 saturated heterocycles. The summed E-state index contributed by atoms with van der Waals surface area (Å²) in [5, 5.41) is 12.5. The van der Waals surface area contributed by atoms with Crippen molar-refractivity contribution in [3.63, 3.8) is 0 Å². The number of methoxy groups -OCH3 is 1. The van der Waals surface area contributed by atoms with E-state index in [-0.39, 0.29) is 11.7 Å². The van der Waals surface area contributed by atoms with Gasteiger partial charge >= 0.3 is 0 Å². The molecule has 4 rings (SSSR count). The minimum Gasteiger partial charge on any atom is -0.497 e. The van der Waals surface area contributed by atoms with Crippen LogP contribution in [0.25, 0.3) is 0 Å². The maximum Gasteiger partial charge on any atom is 0.234 e. The van der Waals surface area contributed by atoms with Crippen molar-refractivity contribution in [1.82, 2.24) is 14.8 Å². The second-order valence-corrected chi connectivity index (χ2v) is 8.34. The first-order chi connectivity index (χ1) is 14.5. The fourth-order valence-electron chi connectivity index (χ4n) is 3.77. The van der Waals surface area contributed by atoms with Crippen LogP contribution in [-0.4, -0.2) is 40.1 Å². The highest BCUT2D eigenvalue weighted by Gasteiger charge is 2.26. The largest absolute Gasteiger partial charge is 0.497 e. The smallest absolute Gasteiger partial charge is 0.234 e. The van der Waals surface area contributed by atoms with Crippen LogP contribution in [0.15, 0.2) is 41.6 Å². The second-order valence-electron chi connectivity index (χ2n) is 7.39. The second kappa shape index (κ2) is 8.39. The van der Waals surface area contributed by atoms with Crippen molar-refractivity contribution < 1.29 is 9.53 Å². The van der Waals surface area contributed by atoms with E-state index in [1.165, 1.54) is 17.3 Å². The van der Waals surface area contributed by atoms with E-state index in [0.717, 1.165) is 52.4 Å². The Hall–Kier alpha value is -3.00. The number of amides is 1. The topological polar surface area (TPSA) is 72.3 Å². The Morgan fingerprint density at radius 1 is 1.10 bits per heavy atom. The van der Waals surface area contributed by atoms with Crippen LogP contribution in [0.4, 0.5) is 17.3 Å². The molecule has 0 saturated carbocycles. The van der Waals surface area contributed by atoms with E-state index in [9.17, 15) is 4.79 Å². The molecule has 156 valence electrons. The SMILES string of the molecule is COc1ccc(N2CCn3c(SCC(=O)Nc4c(C)cc(C)cc4C)nnc32)cc1. The summed E-state index contributed by atoms with van der Waals surface area (Å²) in [7, 11) is 1.66. The van der Waals surface area contributed by atoms with Crippen LogP contribution in [0.2, 0.25) is 0 Å². The van der Waals surface area contributed by atoms with E-state index in [1.807, 2.05) is 38.1 Å². The van der Waals surface area contributed by atoms with Crippen LogP contribution < -0.4 is 15.0 Å². The molecular formula is C22H25N5O2S. The maximum absolute atomic E-state index is 12.5. The van der Waals surface area contributed by atoms with Gasteiger partial charge in [0.05, 0.1) is 12.9 Å². The molecule has 30 heavy (non-hydrogen) atoms. The zero-order valence-electron chi connectivity index (χ0n) is 17.6. The molecule has 8 heteroatoms. The molecule has 0 bridgehead atoms. The zero-order chi connectivity index (χ0) is 21.3. The third kappa shape index (κ3) is 4.00. The molecule has 1 aromatic heterocycles. The van der Waals surface area contributed by atoms with Crippen LogP contribution in [0, 0.1) is 20.8 Å².